The predicted molar refractivity (Wildman–Crippen MR) is 52.7 cm³/mol. The number of nitrogens with one attached hydrogen (secondary N) is 1. The van der Waals surface area contributed by atoms with Crippen molar-refractivity contribution in [2.45, 2.75) is 25.7 Å². The first kappa shape index (κ1) is 10.5. The molecule has 0 aliphatic heterocycles. The van der Waals surface area contributed by atoms with E-state index in [1.165, 1.54) is 25.7 Å². The molecule has 1 fully saturated rings. The molecule has 0 aromatic carbocycles. The molecule has 0 heterocycles. The Morgan fingerprint density at radius 2 is 1.92 bits per heavy atom. The molecule has 0 unspecified atom stereocenters. The monoisotopic (exact) mass is 255 g/mol. The fourth-order valence-corrected chi connectivity index (χ4v) is 2.55. The van der Waals surface area contributed by atoms with Crippen LogP contribution in [0, 0.1) is 5.92 Å². The molecule has 0 amide bonds. The van der Waals surface area contributed by atoms with E-state index in [1.807, 2.05) is 0 Å². The van der Waals surface area contributed by atoms with Gasteiger partial charge in [0.1, 0.15) is 4.66 Å². The van der Waals surface area contributed by atoms with Gasteiger partial charge in [-0.15, -0.1) is 0 Å². The number of hydrogen-bond acceptors (Lipinski definition) is 2. The summed E-state index contributed by atoms with van der Waals surface area (Å²) in [4.78, 5) is 0. The molecule has 1 N–H and O–H groups in total. The number of sulfonamides is 1. The second-order valence-electron chi connectivity index (χ2n) is 3.22. The summed E-state index contributed by atoms with van der Waals surface area (Å²) >= 11 is 2.93. The summed E-state index contributed by atoms with van der Waals surface area (Å²) in [5.74, 6) is 0.568. The lowest BCUT2D eigenvalue weighted by molar-refractivity contribution is 0.522. The summed E-state index contributed by atoms with van der Waals surface area (Å²) in [6.45, 7) is 0.619. The number of alkyl halides is 1. The van der Waals surface area contributed by atoms with Crippen molar-refractivity contribution in [3.8, 4) is 0 Å². The number of rotatable bonds is 4. The molecule has 0 radical (unpaired) electrons. The second-order valence-corrected chi connectivity index (χ2v) is 6.33. The maximum absolute atomic E-state index is 11.0. The Balaban J connectivity index is 2.25. The molecule has 3 nitrogen and oxygen atoms in total. The van der Waals surface area contributed by atoms with Crippen molar-refractivity contribution in [1.29, 1.82) is 0 Å². The van der Waals surface area contributed by atoms with Crippen LogP contribution >= 0.6 is 15.9 Å². The Bertz CT molecular complexity index is 222. The molecule has 0 aromatic heterocycles. The van der Waals surface area contributed by atoms with Gasteiger partial charge >= 0.3 is 0 Å². The summed E-state index contributed by atoms with van der Waals surface area (Å²) in [6.07, 6.45) is 4.84. The first-order chi connectivity index (χ1) is 5.64. The van der Waals surface area contributed by atoms with Crippen LogP contribution in [0.2, 0.25) is 0 Å². The van der Waals surface area contributed by atoms with E-state index in [2.05, 4.69) is 20.7 Å². The third-order valence-electron chi connectivity index (χ3n) is 2.21. The van der Waals surface area contributed by atoms with Crippen molar-refractivity contribution in [3.05, 3.63) is 0 Å². The summed E-state index contributed by atoms with van der Waals surface area (Å²) < 4.78 is 24.6. The maximum Gasteiger partial charge on any atom is 0.221 e. The van der Waals surface area contributed by atoms with Gasteiger partial charge in [0.25, 0.3) is 0 Å². The minimum Gasteiger partial charge on any atom is -0.214 e. The summed E-state index contributed by atoms with van der Waals surface area (Å²) in [5.41, 5.74) is 0. The smallest absolute Gasteiger partial charge is 0.214 e. The van der Waals surface area contributed by atoms with Gasteiger partial charge in [0, 0.05) is 6.54 Å². The van der Waals surface area contributed by atoms with Gasteiger partial charge in [-0.2, -0.15) is 0 Å². The SMILES string of the molecule is O=S(=O)(CBr)NCC1CCCC1. The average Bonchev–Trinajstić information content (AvgIpc) is 2.53. The van der Waals surface area contributed by atoms with Crippen LogP contribution in [-0.2, 0) is 10.0 Å². The van der Waals surface area contributed by atoms with Crippen LogP contribution in [0.1, 0.15) is 25.7 Å². The highest BCUT2D eigenvalue weighted by Crippen LogP contribution is 2.23. The Morgan fingerprint density at radius 1 is 1.33 bits per heavy atom. The lowest BCUT2D eigenvalue weighted by Gasteiger charge is -2.08. The Hall–Kier alpha value is 0.390. The molecule has 12 heavy (non-hydrogen) atoms. The summed E-state index contributed by atoms with van der Waals surface area (Å²) in [5, 5.41) is 0. The van der Waals surface area contributed by atoms with Gasteiger partial charge in [0.05, 0.1) is 0 Å². The van der Waals surface area contributed by atoms with Gasteiger partial charge in [0.15, 0.2) is 0 Å². The van der Waals surface area contributed by atoms with E-state index in [-0.39, 0.29) is 4.66 Å². The second kappa shape index (κ2) is 4.58. The molecule has 1 aliphatic rings. The highest BCUT2D eigenvalue weighted by molar-refractivity contribution is 9.10. The van der Waals surface area contributed by atoms with E-state index in [0.29, 0.717) is 12.5 Å². The van der Waals surface area contributed by atoms with Crippen molar-refractivity contribution in [2.75, 3.05) is 11.2 Å². The largest absolute Gasteiger partial charge is 0.221 e. The Labute approximate surface area is 82.1 Å². The minimum absolute atomic E-state index is 0.00667. The standard InChI is InChI=1S/C7H14BrNO2S/c8-6-12(10,11)9-5-7-3-1-2-4-7/h7,9H,1-6H2. The van der Waals surface area contributed by atoms with E-state index in [0.717, 1.165) is 0 Å². The third kappa shape index (κ3) is 3.41. The molecule has 0 atom stereocenters. The van der Waals surface area contributed by atoms with Crippen molar-refractivity contribution >= 4 is 26.0 Å². The van der Waals surface area contributed by atoms with E-state index in [1.54, 1.807) is 0 Å². The van der Waals surface area contributed by atoms with E-state index >= 15 is 0 Å². The summed E-state index contributed by atoms with van der Waals surface area (Å²) in [7, 11) is -3.04. The van der Waals surface area contributed by atoms with Crippen LogP contribution in [0.15, 0.2) is 0 Å². The van der Waals surface area contributed by atoms with Gasteiger partial charge in [-0.05, 0) is 18.8 Å². The van der Waals surface area contributed by atoms with E-state index in [9.17, 15) is 8.42 Å². The van der Waals surface area contributed by atoms with Crippen LogP contribution < -0.4 is 4.72 Å². The Kier molecular flexibility index (Phi) is 3.99. The molecular formula is C7H14BrNO2S. The zero-order valence-electron chi connectivity index (χ0n) is 6.92. The van der Waals surface area contributed by atoms with Crippen molar-refractivity contribution < 1.29 is 8.42 Å². The quantitative estimate of drug-likeness (QED) is 0.774. The van der Waals surface area contributed by atoms with Gasteiger partial charge in [-0.25, -0.2) is 13.1 Å². The minimum atomic E-state index is -3.04. The van der Waals surface area contributed by atoms with Gasteiger partial charge in [-0.1, -0.05) is 28.8 Å². The van der Waals surface area contributed by atoms with Crippen LogP contribution in [0.25, 0.3) is 0 Å². The molecular weight excluding hydrogens is 242 g/mol. The highest BCUT2D eigenvalue weighted by atomic mass is 79.9. The van der Waals surface area contributed by atoms with Crippen LogP contribution in [0.5, 0.6) is 0 Å². The van der Waals surface area contributed by atoms with Gasteiger partial charge in [0.2, 0.25) is 10.0 Å². The van der Waals surface area contributed by atoms with Crippen molar-refractivity contribution in [1.82, 2.24) is 4.72 Å². The normalized spacial score (nSPS) is 20.1. The van der Waals surface area contributed by atoms with Crippen molar-refractivity contribution in [3.63, 3.8) is 0 Å². The molecule has 72 valence electrons. The van der Waals surface area contributed by atoms with Gasteiger partial charge < -0.3 is 0 Å². The van der Waals surface area contributed by atoms with Crippen molar-refractivity contribution in [2.24, 2.45) is 5.92 Å². The first-order valence-electron chi connectivity index (χ1n) is 4.17. The maximum atomic E-state index is 11.0. The topological polar surface area (TPSA) is 46.2 Å². The van der Waals surface area contributed by atoms with E-state index in [4.69, 9.17) is 0 Å². The zero-order chi connectivity index (χ0) is 9.03. The molecule has 1 aliphatic carbocycles. The van der Waals surface area contributed by atoms with Gasteiger partial charge in [-0.3, -0.25) is 0 Å². The zero-order valence-corrected chi connectivity index (χ0v) is 9.33. The fourth-order valence-electron chi connectivity index (χ4n) is 1.50. The molecule has 5 heteroatoms. The number of hydrogen-bond donors (Lipinski definition) is 1. The molecule has 1 rings (SSSR count). The highest BCUT2D eigenvalue weighted by Gasteiger charge is 2.17. The first-order valence-corrected chi connectivity index (χ1v) is 6.95. The third-order valence-corrected chi connectivity index (χ3v) is 4.91. The predicted octanol–water partition coefficient (Wildman–Crippen LogP) is 1.45. The summed E-state index contributed by atoms with van der Waals surface area (Å²) in [6, 6.07) is 0. The lowest BCUT2D eigenvalue weighted by atomic mass is 10.1. The molecule has 0 aromatic rings. The van der Waals surface area contributed by atoms with Crippen LogP contribution in [0.4, 0.5) is 0 Å². The van der Waals surface area contributed by atoms with Crippen LogP contribution in [0.3, 0.4) is 0 Å². The molecule has 1 saturated carbocycles. The Morgan fingerprint density at radius 3 is 2.42 bits per heavy atom. The average molecular weight is 256 g/mol. The fraction of sp³-hybridized carbons (Fsp3) is 1.00. The number of halogens is 1. The lowest BCUT2D eigenvalue weighted by Crippen LogP contribution is -2.28. The molecule has 0 bridgehead atoms. The van der Waals surface area contributed by atoms with E-state index < -0.39 is 10.0 Å². The molecule has 0 saturated heterocycles. The molecule has 0 spiro atoms. The van der Waals surface area contributed by atoms with Crippen LogP contribution in [-0.4, -0.2) is 19.6 Å².